The van der Waals surface area contributed by atoms with Crippen LogP contribution in [0.15, 0.2) is 12.4 Å². The van der Waals surface area contributed by atoms with Gasteiger partial charge in [-0.2, -0.15) is 0 Å². The Kier molecular flexibility index (Phi) is 3.75. The highest BCUT2D eigenvalue weighted by Crippen LogP contribution is 2.10. The fourth-order valence-electron chi connectivity index (χ4n) is 1.80. The number of halogens is 1. The van der Waals surface area contributed by atoms with E-state index in [2.05, 4.69) is 20.6 Å². The van der Waals surface area contributed by atoms with Gasteiger partial charge in [-0.1, -0.05) is 11.6 Å². The first-order valence-electron chi connectivity index (χ1n) is 5.29. The second-order valence-corrected chi connectivity index (χ2v) is 4.12. The van der Waals surface area contributed by atoms with E-state index in [1.807, 2.05) is 0 Å². The van der Waals surface area contributed by atoms with Crippen molar-refractivity contribution in [1.82, 2.24) is 15.3 Å². The van der Waals surface area contributed by atoms with E-state index in [1.54, 1.807) is 6.20 Å². The fraction of sp³-hybridized carbons (Fsp3) is 0.600. The van der Waals surface area contributed by atoms with Crippen molar-refractivity contribution in [2.45, 2.75) is 25.3 Å². The Labute approximate surface area is 94.5 Å². The van der Waals surface area contributed by atoms with E-state index in [4.69, 9.17) is 11.6 Å². The van der Waals surface area contributed by atoms with Gasteiger partial charge in [-0.15, -0.1) is 0 Å². The molecule has 2 heterocycles. The second-order valence-electron chi connectivity index (χ2n) is 3.74. The van der Waals surface area contributed by atoms with Crippen molar-refractivity contribution in [2.24, 2.45) is 0 Å². The molecule has 0 aliphatic carbocycles. The highest BCUT2D eigenvalue weighted by Gasteiger charge is 2.12. The average Bonchev–Trinajstić information content (AvgIpc) is 2.71. The van der Waals surface area contributed by atoms with E-state index in [0.29, 0.717) is 11.2 Å². The van der Waals surface area contributed by atoms with Gasteiger partial charge < -0.3 is 10.6 Å². The van der Waals surface area contributed by atoms with Crippen LogP contribution in [0.4, 0.5) is 5.82 Å². The van der Waals surface area contributed by atoms with E-state index in [9.17, 15) is 0 Å². The third kappa shape index (κ3) is 3.32. The fourth-order valence-corrected chi connectivity index (χ4v) is 1.95. The zero-order valence-corrected chi connectivity index (χ0v) is 9.30. The summed E-state index contributed by atoms with van der Waals surface area (Å²) in [7, 11) is 0. The predicted molar refractivity (Wildman–Crippen MR) is 61.2 cm³/mol. The molecule has 0 saturated carbocycles. The maximum absolute atomic E-state index is 5.72. The summed E-state index contributed by atoms with van der Waals surface area (Å²) >= 11 is 5.72. The molecule has 5 heteroatoms. The van der Waals surface area contributed by atoms with Crippen LogP contribution >= 0.6 is 11.6 Å². The van der Waals surface area contributed by atoms with E-state index < -0.39 is 0 Å². The number of hydrogen-bond donors (Lipinski definition) is 2. The number of nitrogens with zero attached hydrogens (tertiary/aromatic N) is 2. The Morgan fingerprint density at radius 2 is 2.47 bits per heavy atom. The molecule has 1 atom stereocenters. The van der Waals surface area contributed by atoms with E-state index in [0.717, 1.165) is 25.3 Å². The summed E-state index contributed by atoms with van der Waals surface area (Å²) in [5.41, 5.74) is 0. The standard InChI is InChI=1S/C10H15ClN4/c11-9-6-12-7-10(15-9)14-5-3-8-2-1-4-13-8/h6-8,13H,1-5H2,(H,14,15)/t8-/m0/s1. The zero-order valence-electron chi connectivity index (χ0n) is 8.54. The van der Waals surface area contributed by atoms with E-state index >= 15 is 0 Å². The maximum Gasteiger partial charge on any atom is 0.149 e. The first kappa shape index (κ1) is 10.6. The molecule has 0 aromatic carbocycles. The lowest BCUT2D eigenvalue weighted by atomic mass is 10.1. The normalized spacial score (nSPS) is 20.5. The number of rotatable bonds is 4. The molecule has 4 nitrogen and oxygen atoms in total. The van der Waals surface area contributed by atoms with Gasteiger partial charge in [0.15, 0.2) is 0 Å². The molecular formula is C10H15ClN4. The molecule has 0 spiro atoms. The summed E-state index contributed by atoms with van der Waals surface area (Å²) in [5, 5.41) is 7.10. The van der Waals surface area contributed by atoms with Crippen LogP contribution in [0.3, 0.4) is 0 Å². The van der Waals surface area contributed by atoms with Crippen molar-refractivity contribution in [2.75, 3.05) is 18.4 Å². The molecule has 1 aliphatic rings. The molecule has 0 radical (unpaired) electrons. The van der Waals surface area contributed by atoms with Crippen LogP contribution in [0, 0.1) is 0 Å². The molecule has 1 aromatic heterocycles. The highest BCUT2D eigenvalue weighted by atomic mass is 35.5. The molecule has 15 heavy (non-hydrogen) atoms. The van der Waals surface area contributed by atoms with Gasteiger partial charge in [0.1, 0.15) is 11.0 Å². The minimum Gasteiger partial charge on any atom is -0.369 e. The first-order valence-corrected chi connectivity index (χ1v) is 5.67. The Morgan fingerprint density at radius 3 is 3.20 bits per heavy atom. The van der Waals surface area contributed by atoms with Crippen molar-refractivity contribution < 1.29 is 0 Å². The van der Waals surface area contributed by atoms with Crippen LogP contribution in [-0.4, -0.2) is 29.1 Å². The Bertz CT molecular complexity index is 312. The second kappa shape index (κ2) is 5.28. The van der Waals surface area contributed by atoms with Gasteiger partial charge in [0.25, 0.3) is 0 Å². The molecule has 1 fully saturated rings. The monoisotopic (exact) mass is 226 g/mol. The number of aromatic nitrogens is 2. The largest absolute Gasteiger partial charge is 0.369 e. The van der Waals surface area contributed by atoms with Gasteiger partial charge in [0, 0.05) is 12.6 Å². The molecule has 0 amide bonds. The van der Waals surface area contributed by atoms with Gasteiger partial charge in [0.05, 0.1) is 12.4 Å². The molecule has 1 aromatic rings. The lowest BCUT2D eigenvalue weighted by molar-refractivity contribution is 0.574. The van der Waals surface area contributed by atoms with Crippen LogP contribution in [0.5, 0.6) is 0 Å². The summed E-state index contributed by atoms with van der Waals surface area (Å²) in [5.74, 6) is 0.750. The third-order valence-corrected chi connectivity index (χ3v) is 2.75. The van der Waals surface area contributed by atoms with Crippen LogP contribution in [-0.2, 0) is 0 Å². The van der Waals surface area contributed by atoms with E-state index in [-0.39, 0.29) is 0 Å². The summed E-state index contributed by atoms with van der Waals surface area (Å²) in [6.07, 6.45) is 6.91. The van der Waals surface area contributed by atoms with Gasteiger partial charge >= 0.3 is 0 Å². The molecule has 1 aliphatic heterocycles. The predicted octanol–water partition coefficient (Wildman–Crippen LogP) is 1.68. The molecule has 2 rings (SSSR count). The van der Waals surface area contributed by atoms with Crippen molar-refractivity contribution in [1.29, 1.82) is 0 Å². The lowest BCUT2D eigenvalue weighted by Gasteiger charge is -2.10. The molecule has 0 unspecified atom stereocenters. The summed E-state index contributed by atoms with van der Waals surface area (Å²) in [6.45, 7) is 2.06. The number of anilines is 1. The molecule has 0 bridgehead atoms. The van der Waals surface area contributed by atoms with Crippen LogP contribution in [0.1, 0.15) is 19.3 Å². The quantitative estimate of drug-likeness (QED) is 0.821. The lowest BCUT2D eigenvalue weighted by Crippen LogP contribution is -2.24. The van der Waals surface area contributed by atoms with E-state index in [1.165, 1.54) is 19.0 Å². The Balaban J connectivity index is 1.73. The topological polar surface area (TPSA) is 49.8 Å². The summed E-state index contributed by atoms with van der Waals surface area (Å²) in [6, 6.07) is 0.657. The minimum absolute atomic E-state index is 0.430. The minimum atomic E-state index is 0.430. The number of nitrogens with one attached hydrogen (secondary N) is 2. The van der Waals surface area contributed by atoms with Crippen molar-refractivity contribution >= 4 is 17.4 Å². The molecule has 2 N–H and O–H groups in total. The van der Waals surface area contributed by atoms with Crippen molar-refractivity contribution in [3.63, 3.8) is 0 Å². The third-order valence-electron chi connectivity index (χ3n) is 2.57. The smallest absolute Gasteiger partial charge is 0.149 e. The Hall–Kier alpha value is -0.870. The molecule has 82 valence electrons. The van der Waals surface area contributed by atoms with Gasteiger partial charge in [-0.3, -0.25) is 4.98 Å². The van der Waals surface area contributed by atoms with Gasteiger partial charge in [0.2, 0.25) is 0 Å². The highest BCUT2D eigenvalue weighted by molar-refractivity contribution is 6.29. The van der Waals surface area contributed by atoms with Gasteiger partial charge in [-0.05, 0) is 25.8 Å². The average molecular weight is 227 g/mol. The van der Waals surface area contributed by atoms with Gasteiger partial charge in [-0.25, -0.2) is 4.98 Å². The SMILES string of the molecule is Clc1cncc(NCC[C@@H]2CCCN2)n1. The first-order chi connectivity index (χ1) is 7.34. The summed E-state index contributed by atoms with van der Waals surface area (Å²) < 4.78 is 0. The zero-order chi connectivity index (χ0) is 10.5. The van der Waals surface area contributed by atoms with Crippen LogP contribution in [0.2, 0.25) is 5.15 Å². The van der Waals surface area contributed by atoms with Crippen molar-refractivity contribution in [3.05, 3.63) is 17.5 Å². The van der Waals surface area contributed by atoms with Crippen molar-refractivity contribution in [3.8, 4) is 0 Å². The maximum atomic E-state index is 5.72. The molecule has 1 saturated heterocycles. The van der Waals surface area contributed by atoms with Crippen LogP contribution < -0.4 is 10.6 Å². The summed E-state index contributed by atoms with van der Waals surface area (Å²) in [4.78, 5) is 8.07. The van der Waals surface area contributed by atoms with Crippen LogP contribution in [0.25, 0.3) is 0 Å². The molecular weight excluding hydrogens is 212 g/mol. The number of hydrogen-bond acceptors (Lipinski definition) is 4. The Morgan fingerprint density at radius 1 is 1.53 bits per heavy atom.